The Bertz CT molecular complexity index is 630. The van der Waals surface area contributed by atoms with Gasteiger partial charge in [0.1, 0.15) is 5.82 Å². The molecule has 0 unspecified atom stereocenters. The lowest BCUT2D eigenvalue weighted by molar-refractivity contribution is 0.0892. The highest BCUT2D eigenvalue weighted by atomic mass is 16.5. The van der Waals surface area contributed by atoms with Crippen molar-refractivity contribution in [2.45, 2.75) is 38.4 Å². The average molecular weight is 314 g/mol. The predicted molar refractivity (Wildman–Crippen MR) is 86.1 cm³/mol. The first kappa shape index (κ1) is 14.6. The molecule has 4 atom stereocenters. The fourth-order valence-electron chi connectivity index (χ4n) is 3.68. The van der Waals surface area contributed by atoms with E-state index in [1.165, 1.54) is 0 Å². The second-order valence-electron chi connectivity index (χ2n) is 7.66. The molecule has 2 saturated heterocycles. The van der Waals surface area contributed by atoms with Crippen molar-refractivity contribution in [3.63, 3.8) is 0 Å². The van der Waals surface area contributed by atoms with Gasteiger partial charge in [0.15, 0.2) is 0 Å². The van der Waals surface area contributed by atoms with Gasteiger partial charge in [-0.25, -0.2) is 14.8 Å². The second-order valence-corrected chi connectivity index (χ2v) is 7.66. The maximum absolute atomic E-state index is 12.5. The van der Waals surface area contributed by atoms with Gasteiger partial charge in [-0.1, -0.05) is 32.9 Å². The van der Waals surface area contributed by atoms with Gasteiger partial charge in [0.2, 0.25) is 0 Å². The summed E-state index contributed by atoms with van der Waals surface area (Å²) in [5.74, 6) is 1.65. The number of hydrogen-bond acceptors (Lipinski definition) is 4. The minimum atomic E-state index is -0.0960. The van der Waals surface area contributed by atoms with E-state index in [0.717, 1.165) is 18.9 Å². The molecule has 6 heteroatoms. The fraction of sp³-hybridized carbons (Fsp3) is 0.588. The van der Waals surface area contributed by atoms with Crippen molar-refractivity contribution in [2.24, 2.45) is 11.8 Å². The molecule has 2 fully saturated rings. The molecule has 4 heterocycles. The molecule has 4 rings (SSSR count). The van der Waals surface area contributed by atoms with E-state index in [9.17, 15) is 4.79 Å². The number of amides is 2. The fourth-order valence-corrected chi connectivity index (χ4v) is 3.68. The SMILES string of the molecule is CC(C)(C)c1ncc(NC(=O)N2C[C@H]3[C@H](C2)[C@H]2C=C[C@H]3O2)cn1. The molecule has 0 spiro atoms. The zero-order valence-corrected chi connectivity index (χ0v) is 13.7. The van der Waals surface area contributed by atoms with Crippen LogP contribution < -0.4 is 5.32 Å². The molecule has 122 valence electrons. The molecule has 6 nitrogen and oxygen atoms in total. The average Bonchev–Trinajstić information content (AvgIpc) is 3.19. The van der Waals surface area contributed by atoms with Gasteiger partial charge in [0.05, 0.1) is 30.3 Å². The number of carbonyl (C=O) groups is 1. The lowest BCUT2D eigenvalue weighted by Crippen LogP contribution is -2.35. The summed E-state index contributed by atoms with van der Waals surface area (Å²) in [5.41, 5.74) is 0.540. The molecular formula is C17H22N4O2. The number of aromatic nitrogens is 2. The first-order valence-electron chi connectivity index (χ1n) is 8.14. The number of carbonyl (C=O) groups excluding carboxylic acids is 1. The Kier molecular flexibility index (Phi) is 3.20. The van der Waals surface area contributed by atoms with Crippen LogP contribution in [0.15, 0.2) is 24.5 Å². The van der Waals surface area contributed by atoms with Crippen LogP contribution in [0.2, 0.25) is 0 Å². The predicted octanol–water partition coefficient (Wildman–Crippen LogP) is 2.19. The largest absolute Gasteiger partial charge is 0.366 e. The van der Waals surface area contributed by atoms with Gasteiger partial charge in [-0.15, -0.1) is 0 Å². The number of likely N-dealkylation sites (tertiary alicyclic amines) is 1. The topological polar surface area (TPSA) is 67.4 Å². The van der Waals surface area contributed by atoms with Gasteiger partial charge in [-0.2, -0.15) is 0 Å². The highest BCUT2D eigenvalue weighted by molar-refractivity contribution is 5.89. The first-order chi connectivity index (χ1) is 10.9. The molecule has 0 aromatic carbocycles. The Morgan fingerprint density at radius 2 is 1.74 bits per heavy atom. The summed E-state index contributed by atoms with van der Waals surface area (Å²) in [7, 11) is 0. The van der Waals surface area contributed by atoms with Crippen LogP contribution in [0.3, 0.4) is 0 Å². The number of nitrogens with zero attached hydrogens (tertiary/aromatic N) is 3. The van der Waals surface area contributed by atoms with Crippen LogP contribution in [0.4, 0.5) is 10.5 Å². The van der Waals surface area contributed by atoms with Crippen LogP contribution in [0.25, 0.3) is 0 Å². The molecule has 3 aliphatic rings. The van der Waals surface area contributed by atoms with E-state index in [-0.39, 0.29) is 23.7 Å². The number of urea groups is 1. The van der Waals surface area contributed by atoms with E-state index in [1.807, 2.05) is 4.90 Å². The number of anilines is 1. The maximum atomic E-state index is 12.5. The molecule has 1 aromatic rings. The Balaban J connectivity index is 1.39. The van der Waals surface area contributed by atoms with Crippen LogP contribution in [-0.4, -0.2) is 46.2 Å². The Morgan fingerprint density at radius 3 is 2.26 bits per heavy atom. The molecule has 0 radical (unpaired) electrons. The lowest BCUT2D eigenvalue weighted by Gasteiger charge is -2.20. The third-order valence-electron chi connectivity index (χ3n) is 4.92. The standard InChI is InChI=1S/C17H22N4O2/c1-17(2,3)15-18-6-10(7-19-15)20-16(22)21-8-11-12(9-21)14-5-4-13(11)23-14/h4-7,11-14H,8-9H2,1-3H3,(H,20,22)/t11-,12-,13+,14+/m0/s1. The third kappa shape index (κ3) is 2.51. The molecule has 23 heavy (non-hydrogen) atoms. The van der Waals surface area contributed by atoms with Crippen molar-refractivity contribution in [2.75, 3.05) is 18.4 Å². The highest BCUT2D eigenvalue weighted by Crippen LogP contribution is 2.43. The summed E-state index contributed by atoms with van der Waals surface area (Å²) in [6.07, 6.45) is 8.00. The molecule has 0 aliphatic carbocycles. The van der Waals surface area contributed by atoms with Crippen molar-refractivity contribution in [3.8, 4) is 0 Å². The quantitative estimate of drug-likeness (QED) is 0.807. The monoisotopic (exact) mass is 314 g/mol. The number of hydrogen-bond donors (Lipinski definition) is 1. The smallest absolute Gasteiger partial charge is 0.321 e. The highest BCUT2D eigenvalue weighted by Gasteiger charge is 2.51. The van der Waals surface area contributed by atoms with Gasteiger partial charge in [0.25, 0.3) is 0 Å². The summed E-state index contributed by atoms with van der Waals surface area (Å²) in [4.78, 5) is 23.0. The van der Waals surface area contributed by atoms with Crippen molar-refractivity contribution in [1.29, 1.82) is 0 Å². The summed E-state index contributed by atoms with van der Waals surface area (Å²) < 4.78 is 5.84. The van der Waals surface area contributed by atoms with Crippen LogP contribution in [0, 0.1) is 11.8 Å². The summed E-state index contributed by atoms with van der Waals surface area (Å²) >= 11 is 0. The van der Waals surface area contributed by atoms with Crippen LogP contribution >= 0.6 is 0 Å². The minimum Gasteiger partial charge on any atom is -0.366 e. The van der Waals surface area contributed by atoms with Gasteiger partial charge in [0, 0.05) is 30.3 Å². The van der Waals surface area contributed by atoms with Gasteiger partial charge < -0.3 is 15.0 Å². The zero-order chi connectivity index (χ0) is 16.2. The normalized spacial score (nSPS) is 31.5. The molecule has 1 aromatic heterocycles. The molecule has 2 bridgehead atoms. The van der Waals surface area contributed by atoms with Crippen molar-refractivity contribution in [1.82, 2.24) is 14.9 Å². The summed E-state index contributed by atoms with van der Waals surface area (Å²) in [6, 6.07) is -0.0779. The van der Waals surface area contributed by atoms with Gasteiger partial charge in [-0.3, -0.25) is 0 Å². The van der Waals surface area contributed by atoms with E-state index < -0.39 is 0 Å². The Labute approximate surface area is 135 Å². The van der Waals surface area contributed by atoms with E-state index in [0.29, 0.717) is 17.5 Å². The molecule has 3 aliphatic heterocycles. The molecule has 0 saturated carbocycles. The number of rotatable bonds is 1. The number of ether oxygens (including phenoxy) is 1. The Hall–Kier alpha value is -1.95. The lowest BCUT2D eigenvalue weighted by atomic mass is 9.86. The van der Waals surface area contributed by atoms with Gasteiger partial charge in [-0.05, 0) is 0 Å². The van der Waals surface area contributed by atoms with Crippen LogP contribution in [-0.2, 0) is 10.2 Å². The molecular weight excluding hydrogens is 292 g/mol. The van der Waals surface area contributed by atoms with E-state index in [1.54, 1.807) is 12.4 Å². The first-order valence-corrected chi connectivity index (χ1v) is 8.14. The maximum Gasteiger partial charge on any atom is 0.321 e. The third-order valence-corrected chi connectivity index (χ3v) is 4.92. The van der Waals surface area contributed by atoms with Crippen LogP contribution in [0.5, 0.6) is 0 Å². The Morgan fingerprint density at radius 1 is 1.17 bits per heavy atom. The van der Waals surface area contributed by atoms with Gasteiger partial charge >= 0.3 is 6.03 Å². The van der Waals surface area contributed by atoms with E-state index in [2.05, 4.69) is 48.2 Å². The molecule has 1 N–H and O–H groups in total. The van der Waals surface area contributed by atoms with Crippen molar-refractivity contribution < 1.29 is 9.53 Å². The summed E-state index contributed by atoms with van der Waals surface area (Å²) in [6.45, 7) is 7.70. The van der Waals surface area contributed by atoms with Crippen molar-refractivity contribution in [3.05, 3.63) is 30.4 Å². The van der Waals surface area contributed by atoms with E-state index in [4.69, 9.17) is 4.74 Å². The number of fused-ring (bicyclic) bond motifs is 5. The molecule has 2 amide bonds. The van der Waals surface area contributed by atoms with Crippen molar-refractivity contribution >= 4 is 11.7 Å². The van der Waals surface area contributed by atoms with E-state index >= 15 is 0 Å². The summed E-state index contributed by atoms with van der Waals surface area (Å²) in [5, 5.41) is 2.90. The number of nitrogens with one attached hydrogen (secondary N) is 1. The second kappa shape index (κ2) is 5.03. The minimum absolute atomic E-state index is 0.0779. The van der Waals surface area contributed by atoms with Crippen LogP contribution in [0.1, 0.15) is 26.6 Å². The zero-order valence-electron chi connectivity index (χ0n) is 13.7.